The summed E-state index contributed by atoms with van der Waals surface area (Å²) in [4.78, 5) is 36.6. The van der Waals surface area contributed by atoms with Gasteiger partial charge in [-0.3, -0.25) is 14.4 Å². The van der Waals surface area contributed by atoms with Crippen molar-refractivity contribution >= 4 is 17.5 Å². The number of carbonyl (C=O) groups excluding carboxylic acids is 3. The second-order valence-electron chi connectivity index (χ2n) is 10.1. The molecule has 0 aliphatic heterocycles. The van der Waals surface area contributed by atoms with E-state index in [9.17, 15) is 19.5 Å². The van der Waals surface area contributed by atoms with E-state index in [0.717, 1.165) is 31.3 Å². The molecule has 0 radical (unpaired) electrons. The SMILES string of the molecule is CC(=O)O[C@]1(C(C)=O)CC[C@H]2[C@@H]3C[C@H](O)C4=CC(=O)CC[C@]4(C)[C@H]3CC[C@@]21C. The monoisotopic (exact) mass is 388 g/mol. The highest BCUT2D eigenvalue weighted by Gasteiger charge is 2.68. The van der Waals surface area contributed by atoms with Crippen LogP contribution < -0.4 is 0 Å². The van der Waals surface area contributed by atoms with Crippen LogP contribution in [0.1, 0.15) is 72.6 Å². The van der Waals surface area contributed by atoms with Crippen molar-refractivity contribution in [2.75, 3.05) is 0 Å². The number of fused-ring (bicyclic) bond motifs is 5. The Labute approximate surface area is 166 Å². The van der Waals surface area contributed by atoms with Crippen molar-refractivity contribution in [3.63, 3.8) is 0 Å². The molecule has 0 aromatic carbocycles. The van der Waals surface area contributed by atoms with Gasteiger partial charge in [-0.15, -0.1) is 0 Å². The largest absolute Gasteiger partial charge is 0.451 e. The molecule has 0 aromatic heterocycles. The Kier molecular flexibility index (Phi) is 4.42. The molecule has 154 valence electrons. The van der Waals surface area contributed by atoms with Crippen molar-refractivity contribution in [2.45, 2.75) is 84.3 Å². The predicted octanol–water partition coefficient (Wildman–Crippen LogP) is 3.38. The molecular weight excluding hydrogens is 356 g/mol. The van der Waals surface area contributed by atoms with Crippen LogP contribution in [0.15, 0.2) is 11.6 Å². The Morgan fingerprint density at radius 3 is 2.43 bits per heavy atom. The van der Waals surface area contributed by atoms with Crippen LogP contribution in [-0.4, -0.2) is 34.3 Å². The molecule has 5 nitrogen and oxygen atoms in total. The van der Waals surface area contributed by atoms with Crippen LogP contribution in [0.3, 0.4) is 0 Å². The third-order valence-electron chi connectivity index (χ3n) is 8.98. The minimum Gasteiger partial charge on any atom is -0.451 e. The van der Waals surface area contributed by atoms with Crippen LogP contribution >= 0.6 is 0 Å². The maximum atomic E-state index is 12.7. The summed E-state index contributed by atoms with van der Waals surface area (Å²) in [7, 11) is 0. The number of Topliss-reactive ketones (excluding diaryl/α,β-unsaturated/α-hetero) is 1. The fourth-order valence-corrected chi connectivity index (χ4v) is 7.67. The molecule has 28 heavy (non-hydrogen) atoms. The van der Waals surface area contributed by atoms with Gasteiger partial charge in [-0.25, -0.2) is 0 Å². The highest BCUT2D eigenvalue weighted by Crippen LogP contribution is 2.68. The molecular formula is C23H32O5. The van der Waals surface area contributed by atoms with E-state index < -0.39 is 23.1 Å². The fourth-order valence-electron chi connectivity index (χ4n) is 7.67. The number of esters is 1. The average molecular weight is 389 g/mol. The van der Waals surface area contributed by atoms with Crippen LogP contribution in [0.25, 0.3) is 0 Å². The minimum atomic E-state index is -1.04. The number of carbonyl (C=O) groups is 3. The van der Waals surface area contributed by atoms with Gasteiger partial charge >= 0.3 is 5.97 Å². The van der Waals surface area contributed by atoms with Crippen molar-refractivity contribution in [1.82, 2.24) is 0 Å². The Morgan fingerprint density at radius 2 is 1.79 bits per heavy atom. The fraction of sp³-hybridized carbons (Fsp3) is 0.783. The maximum Gasteiger partial charge on any atom is 0.303 e. The van der Waals surface area contributed by atoms with Crippen LogP contribution in [0.2, 0.25) is 0 Å². The Hall–Kier alpha value is -1.49. The first-order valence-corrected chi connectivity index (χ1v) is 10.7. The predicted molar refractivity (Wildman–Crippen MR) is 103 cm³/mol. The Balaban J connectivity index is 1.73. The smallest absolute Gasteiger partial charge is 0.303 e. The van der Waals surface area contributed by atoms with Gasteiger partial charge in [0.15, 0.2) is 17.2 Å². The van der Waals surface area contributed by atoms with Gasteiger partial charge in [-0.2, -0.15) is 0 Å². The molecule has 3 fully saturated rings. The van der Waals surface area contributed by atoms with Crippen molar-refractivity contribution in [3.8, 4) is 0 Å². The van der Waals surface area contributed by atoms with Crippen molar-refractivity contribution in [3.05, 3.63) is 11.6 Å². The molecule has 0 spiro atoms. The highest BCUT2D eigenvalue weighted by molar-refractivity contribution is 5.92. The minimum absolute atomic E-state index is 0.0578. The summed E-state index contributed by atoms with van der Waals surface area (Å²) in [6.45, 7) is 7.27. The topological polar surface area (TPSA) is 80.7 Å². The molecule has 7 atom stereocenters. The second kappa shape index (κ2) is 6.25. The zero-order valence-electron chi connectivity index (χ0n) is 17.4. The zero-order chi connectivity index (χ0) is 20.5. The summed E-state index contributed by atoms with van der Waals surface area (Å²) in [5.74, 6) is 0.579. The van der Waals surface area contributed by atoms with Gasteiger partial charge in [0.05, 0.1) is 6.10 Å². The first-order valence-electron chi connectivity index (χ1n) is 10.7. The first kappa shape index (κ1) is 19.8. The lowest BCUT2D eigenvalue weighted by atomic mass is 9.45. The van der Waals surface area contributed by atoms with E-state index in [1.807, 2.05) is 0 Å². The van der Waals surface area contributed by atoms with Gasteiger partial charge in [0.1, 0.15) is 0 Å². The summed E-state index contributed by atoms with van der Waals surface area (Å²) in [6.07, 6.45) is 6.25. The standard InChI is InChI=1S/C23H32O5/c1-13(24)23(28-14(2)25)10-7-18-16-12-20(27)19-11-15(26)5-8-21(19,3)17(16)6-9-22(18,23)4/h11,16-18,20,27H,5-10,12H2,1-4H3/t16-,17+,18+,20+,21-,22+,23+/m1/s1. The van der Waals surface area contributed by atoms with Crippen LogP contribution in [0.4, 0.5) is 0 Å². The van der Waals surface area contributed by atoms with Gasteiger partial charge < -0.3 is 9.84 Å². The van der Waals surface area contributed by atoms with Gasteiger partial charge in [-0.1, -0.05) is 13.8 Å². The molecule has 1 N–H and O–H groups in total. The van der Waals surface area contributed by atoms with E-state index in [1.54, 1.807) is 13.0 Å². The number of ether oxygens (including phenoxy) is 1. The van der Waals surface area contributed by atoms with Gasteiger partial charge in [-0.05, 0) is 80.3 Å². The van der Waals surface area contributed by atoms with Crippen LogP contribution in [0.5, 0.6) is 0 Å². The normalized spacial score (nSPS) is 47.5. The molecule has 4 rings (SSSR count). The lowest BCUT2D eigenvalue weighted by Gasteiger charge is -2.60. The number of ketones is 2. The highest BCUT2D eigenvalue weighted by atomic mass is 16.6. The first-order chi connectivity index (χ1) is 13.0. The van der Waals surface area contributed by atoms with Crippen molar-refractivity contribution < 1.29 is 24.2 Å². The molecule has 4 aliphatic carbocycles. The molecule has 0 unspecified atom stereocenters. The van der Waals surface area contributed by atoms with Crippen LogP contribution in [-0.2, 0) is 19.1 Å². The van der Waals surface area contributed by atoms with E-state index in [-0.39, 0.29) is 28.8 Å². The van der Waals surface area contributed by atoms with E-state index in [4.69, 9.17) is 4.74 Å². The summed E-state index contributed by atoms with van der Waals surface area (Å²) in [6, 6.07) is 0. The summed E-state index contributed by atoms with van der Waals surface area (Å²) >= 11 is 0. The quantitative estimate of drug-likeness (QED) is 0.734. The second-order valence-corrected chi connectivity index (χ2v) is 10.1. The molecule has 0 saturated heterocycles. The number of hydrogen-bond acceptors (Lipinski definition) is 5. The maximum absolute atomic E-state index is 12.7. The average Bonchev–Trinajstić information content (AvgIpc) is 2.90. The number of hydrogen-bond donors (Lipinski definition) is 1. The molecule has 3 saturated carbocycles. The van der Waals surface area contributed by atoms with E-state index in [0.29, 0.717) is 25.2 Å². The number of aliphatic hydroxyl groups excluding tert-OH is 1. The van der Waals surface area contributed by atoms with E-state index >= 15 is 0 Å². The van der Waals surface area contributed by atoms with Crippen molar-refractivity contribution in [1.29, 1.82) is 0 Å². The molecule has 0 amide bonds. The Bertz CT molecular complexity index is 769. The van der Waals surface area contributed by atoms with Gasteiger partial charge in [0.2, 0.25) is 0 Å². The molecule has 0 heterocycles. The lowest BCUT2D eigenvalue weighted by molar-refractivity contribution is -0.188. The summed E-state index contributed by atoms with van der Waals surface area (Å²) in [5, 5.41) is 10.9. The van der Waals surface area contributed by atoms with Crippen LogP contribution in [0, 0.1) is 28.6 Å². The zero-order valence-corrected chi connectivity index (χ0v) is 17.4. The van der Waals surface area contributed by atoms with Gasteiger partial charge in [0.25, 0.3) is 0 Å². The molecule has 4 aliphatic rings. The lowest BCUT2D eigenvalue weighted by Crippen LogP contribution is -2.59. The molecule has 0 aromatic rings. The summed E-state index contributed by atoms with van der Waals surface area (Å²) in [5.41, 5.74) is -0.670. The van der Waals surface area contributed by atoms with Crippen molar-refractivity contribution in [2.24, 2.45) is 28.6 Å². The van der Waals surface area contributed by atoms with E-state index in [2.05, 4.69) is 13.8 Å². The number of aliphatic hydroxyl groups is 1. The number of rotatable bonds is 2. The van der Waals surface area contributed by atoms with Gasteiger partial charge in [0, 0.05) is 18.8 Å². The Morgan fingerprint density at radius 1 is 1.11 bits per heavy atom. The molecule has 0 bridgehead atoms. The van der Waals surface area contributed by atoms with E-state index in [1.165, 1.54) is 6.92 Å². The molecule has 5 heteroatoms. The third-order valence-corrected chi connectivity index (χ3v) is 8.98. The summed E-state index contributed by atoms with van der Waals surface area (Å²) < 4.78 is 5.78. The third kappa shape index (κ3) is 2.44.